The van der Waals surface area contributed by atoms with E-state index in [9.17, 15) is 14.0 Å². The molecule has 0 aliphatic heterocycles. The number of anilines is 1. The van der Waals surface area contributed by atoms with Crippen molar-refractivity contribution in [1.29, 1.82) is 0 Å². The predicted octanol–water partition coefficient (Wildman–Crippen LogP) is 2.09. The summed E-state index contributed by atoms with van der Waals surface area (Å²) in [6.07, 6.45) is 0. The summed E-state index contributed by atoms with van der Waals surface area (Å²) in [5, 5.41) is 4.81. The van der Waals surface area contributed by atoms with Crippen LogP contribution in [0, 0.1) is 5.82 Å². The molecule has 0 aliphatic carbocycles. The number of ether oxygens (including phenoxy) is 1. The van der Waals surface area contributed by atoms with Gasteiger partial charge in [-0.2, -0.15) is 0 Å². The lowest BCUT2D eigenvalue weighted by molar-refractivity contribution is -0.136. The topological polar surface area (TPSA) is 67.4 Å². The highest BCUT2D eigenvalue weighted by molar-refractivity contribution is 6.39. The van der Waals surface area contributed by atoms with Crippen LogP contribution in [-0.2, 0) is 16.1 Å². The van der Waals surface area contributed by atoms with Gasteiger partial charge in [0.25, 0.3) is 0 Å². The van der Waals surface area contributed by atoms with E-state index in [1.165, 1.54) is 19.2 Å². The van der Waals surface area contributed by atoms with E-state index in [1.807, 2.05) is 0 Å². The van der Waals surface area contributed by atoms with Crippen molar-refractivity contribution in [3.05, 3.63) is 59.9 Å². The highest BCUT2D eigenvalue weighted by atomic mass is 19.1. The monoisotopic (exact) mass is 302 g/mol. The number of rotatable bonds is 4. The Hall–Kier alpha value is -2.89. The van der Waals surface area contributed by atoms with Crippen molar-refractivity contribution in [2.75, 3.05) is 12.4 Å². The van der Waals surface area contributed by atoms with Crippen LogP contribution in [0.15, 0.2) is 48.5 Å². The summed E-state index contributed by atoms with van der Waals surface area (Å²) in [6, 6.07) is 12.6. The van der Waals surface area contributed by atoms with Crippen molar-refractivity contribution in [1.82, 2.24) is 5.32 Å². The number of benzene rings is 2. The fourth-order valence-electron chi connectivity index (χ4n) is 1.79. The lowest BCUT2D eigenvalue weighted by atomic mass is 10.2. The van der Waals surface area contributed by atoms with Gasteiger partial charge in [0.2, 0.25) is 0 Å². The van der Waals surface area contributed by atoms with E-state index in [-0.39, 0.29) is 6.54 Å². The van der Waals surface area contributed by atoms with Crippen molar-refractivity contribution in [3.63, 3.8) is 0 Å². The van der Waals surface area contributed by atoms with Gasteiger partial charge < -0.3 is 15.4 Å². The van der Waals surface area contributed by atoms with Crippen LogP contribution in [0.4, 0.5) is 10.1 Å². The highest BCUT2D eigenvalue weighted by Gasteiger charge is 2.14. The first-order valence-corrected chi connectivity index (χ1v) is 6.57. The first kappa shape index (κ1) is 15.5. The summed E-state index contributed by atoms with van der Waals surface area (Å²) < 4.78 is 18.4. The molecule has 2 aromatic rings. The molecule has 0 atom stereocenters. The summed E-state index contributed by atoms with van der Waals surface area (Å²) in [5.74, 6) is -1.55. The van der Waals surface area contributed by atoms with Gasteiger partial charge in [-0.05, 0) is 18.2 Å². The number of halogens is 1. The van der Waals surface area contributed by atoms with Gasteiger partial charge in [0.15, 0.2) is 0 Å². The predicted molar refractivity (Wildman–Crippen MR) is 79.9 cm³/mol. The summed E-state index contributed by atoms with van der Waals surface area (Å²) in [7, 11) is 1.50. The molecule has 0 aromatic heterocycles. The molecule has 2 rings (SSSR count). The molecule has 2 N–H and O–H groups in total. The van der Waals surface area contributed by atoms with Crippen LogP contribution in [0.1, 0.15) is 5.56 Å². The van der Waals surface area contributed by atoms with Crippen LogP contribution in [-0.4, -0.2) is 18.9 Å². The van der Waals surface area contributed by atoms with Crippen LogP contribution >= 0.6 is 0 Å². The summed E-state index contributed by atoms with van der Waals surface area (Å²) in [6.45, 7) is -0.0585. The van der Waals surface area contributed by atoms with E-state index < -0.39 is 17.6 Å². The number of amides is 2. The quantitative estimate of drug-likeness (QED) is 0.850. The zero-order valence-corrected chi connectivity index (χ0v) is 11.9. The Labute approximate surface area is 127 Å². The second kappa shape index (κ2) is 7.21. The first-order chi connectivity index (χ1) is 10.6. The molecule has 0 saturated carbocycles. The molecule has 0 spiro atoms. The Morgan fingerprint density at radius 2 is 1.86 bits per heavy atom. The third-order valence-electron chi connectivity index (χ3n) is 2.93. The van der Waals surface area contributed by atoms with E-state index in [4.69, 9.17) is 4.74 Å². The lowest BCUT2D eigenvalue weighted by Gasteiger charge is -2.08. The number of hydrogen-bond acceptors (Lipinski definition) is 3. The molecule has 114 valence electrons. The average molecular weight is 302 g/mol. The third kappa shape index (κ3) is 4.05. The number of nitrogens with one attached hydrogen (secondary N) is 2. The molecule has 0 unspecified atom stereocenters. The second-order valence-electron chi connectivity index (χ2n) is 4.46. The molecule has 0 aliphatic rings. The minimum absolute atomic E-state index is 0.0585. The molecule has 0 bridgehead atoms. The molecule has 2 aromatic carbocycles. The van der Waals surface area contributed by atoms with Crippen LogP contribution < -0.4 is 15.4 Å². The Bertz CT molecular complexity index is 689. The maximum absolute atomic E-state index is 13.4. The smallest absolute Gasteiger partial charge is 0.313 e. The zero-order chi connectivity index (χ0) is 15.9. The Kier molecular flexibility index (Phi) is 5.08. The molecule has 0 heterocycles. The van der Waals surface area contributed by atoms with Crippen molar-refractivity contribution < 1.29 is 18.7 Å². The standard InChI is InChI=1S/C16H15FN2O3/c1-22-13-7-4-6-12(9-13)19-16(21)15(20)18-10-11-5-2-3-8-14(11)17/h2-9H,10H2,1H3,(H,18,20)(H,19,21). The molecule has 22 heavy (non-hydrogen) atoms. The number of methoxy groups -OCH3 is 1. The SMILES string of the molecule is COc1cccc(NC(=O)C(=O)NCc2ccccc2F)c1. The summed E-state index contributed by atoms with van der Waals surface area (Å²) in [4.78, 5) is 23.5. The zero-order valence-electron chi connectivity index (χ0n) is 11.9. The largest absolute Gasteiger partial charge is 0.497 e. The van der Waals surface area contributed by atoms with Crippen molar-refractivity contribution >= 4 is 17.5 Å². The van der Waals surface area contributed by atoms with Crippen molar-refractivity contribution in [3.8, 4) is 5.75 Å². The van der Waals surface area contributed by atoms with Gasteiger partial charge in [-0.25, -0.2) is 4.39 Å². The number of carbonyl (C=O) groups excluding carboxylic acids is 2. The van der Waals surface area contributed by atoms with Crippen LogP contribution in [0.2, 0.25) is 0 Å². The van der Waals surface area contributed by atoms with Gasteiger partial charge in [0.05, 0.1) is 7.11 Å². The first-order valence-electron chi connectivity index (χ1n) is 6.57. The van der Waals surface area contributed by atoms with Gasteiger partial charge in [-0.3, -0.25) is 9.59 Å². The van der Waals surface area contributed by atoms with E-state index >= 15 is 0 Å². The van der Waals surface area contributed by atoms with Gasteiger partial charge in [-0.15, -0.1) is 0 Å². The fraction of sp³-hybridized carbons (Fsp3) is 0.125. The molecule has 0 fully saturated rings. The highest BCUT2D eigenvalue weighted by Crippen LogP contribution is 2.16. The normalized spacial score (nSPS) is 9.91. The van der Waals surface area contributed by atoms with E-state index in [1.54, 1.807) is 36.4 Å². The minimum Gasteiger partial charge on any atom is -0.497 e. The molecular weight excluding hydrogens is 287 g/mol. The average Bonchev–Trinajstić information content (AvgIpc) is 2.54. The lowest BCUT2D eigenvalue weighted by Crippen LogP contribution is -2.35. The van der Waals surface area contributed by atoms with E-state index in [2.05, 4.69) is 10.6 Å². The molecule has 0 saturated heterocycles. The van der Waals surface area contributed by atoms with Gasteiger partial charge in [0, 0.05) is 23.9 Å². The third-order valence-corrected chi connectivity index (χ3v) is 2.93. The van der Waals surface area contributed by atoms with Gasteiger partial charge >= 0.3 is 11.8 Å². The Balaban J connectivity index is 1.92. The van der Waals surface area contributed by atoms with Crippen LogP contribution in [0.3, 0.4) is 0 Å². The number of carbonyl (C=O) groups is 2. The number of hydrogen-bond donors (Lipinski definition) is 2. The van der Waals surface area contributed by atoms with E-state index in [0.29, 0.717) is 17.0 Å². The summed E-state index contributed by atoms with van der Waals surface area (Å²) >= 11 is 0. The summed E-state index contributed by atoms with van der Waals surface area (Å²) in [5.41, 5.74) is 0.746. The van der Waals surface area contributed by atoms with Crippen molar-refractivity contribution in [2.45, 2.75) is 6.54 Å². The molecule has 0 radical (unpaired) electrons. The van der Waals surface area contributed by atoms with Crippen LogP contribution in [0.25, 0.3) is 0 Å². The fourth-order valence-corrected chi connectivity index (χ4v) is 1.79. The molecule has 6 heteroatoms. The molecular formula is C16H15FN2O3. The van der Waals surface area contributed by atoms with Crippen LogP contribution in [0.5, 0.6) is 5.75 Å². The Morgan fingerprint density at radius 3 is 2.59 bits per heavy atom. The maximum Gasteiger partial charge on any atom is 0.313 e. The minimum atomic E-state index is -0.842. The second-order valence-corrected chi connectivity index (χ2v) is 4.46. The maximum atomic E-state index is 13.4. The molecule has 5 nitrogen and oxygen atoms in total. The van der Waals surface area contributed by atoms with E-state index in [0.717, 1.165) is 0 Å². The van der Waals surface area contributed by atoms with Gasteiger partial charge in [-0.1, -0.05) is 24.3 Å². The van der Waals surface area contributed by atoms with Crippen molar-refractivity contribution in [2.24, 2.45) is 0 Å². The van der Waals surface area contributed by atoms with Gasteiger partial charge in [0.1, 0.15) is 11.6 Å². The Morgan fingerprint density at radius 1 is 1.09 bits per heavy atom. The molecule has 2 amide bonds.